The van der Waals surface area contributed by atoms with E-state index in [1.54, 1.807) is 7.11 Å². The molecule has 1 aromatic carbocycles. The smallest absolute Gasteiger partial charge is 0.126 e. The van der Waals surface area contributed by atoms with Crippen LogP contribution in [0.25, 0.3) is 0 Å². The second-order valence-electron chi connectivity index (χ2n) is 4.35. The number of methoxy groups -OCH3 is 1. The minimum absolute atomic E-state index is 0.482. The van der Waals surface area contributed by atoms with Gasteiger partial charge >= 0.3 is 0 Å². The van der Waals surface area contributed by atoms with Gasteiger partial charge in [0.2, 0.25) is 0 Å². The van der Waals surface area contributed by atoms with E-state index in [-0.39, 0.29) is 0 Å². The van der Waals surface area contributed by atoms with Crippen LogP contribution >= 0.6 is 11.6 Å². The van der Waals surface area contributed by atoms with E-state index in [1.165, 1.54) is 18.4 Å². The number of hydrogen-bond donors (Lipinski definition) is 1. The Morgan fingerprint density at radius 3 is 2.88 bits per heavy atom. The first kappa shape index (κ1) is 11.7. The minimum atomic E-state index is 0.482. The van der Waals surface area contributed by atoms with Crippen LogP contribution in [0, 0.1) is 6.92 Å². The zero-order chi connectivity index (χ0) is 11.5. The van der Waals surface area contributed by atoms with E-state index in [4.69, 9.17) is 16.3 Å². The zero-order valence-corrected chi connectivity index (χ0v) is 10.6. The van der Waals surface area contributed by atoms with E-state index < -0.39 is 0 Å². The summed E-state index contributed by atoms with van der Waals surface area (Å²) in [5.74, 6) is 1.44. The maximum absolute atomic E-state index is 6.31. The summed E-state index contributed by atoms with van der Waals surface area (Å²) in [5, 5.41) is 4.25. The third-order valence-electron chi connectivity index (χ3n) is 3.25. The Hall–Kier alpha value is -0.730. The van der Waals surface area contributed by atoms with Crippen LogP contribution in [-0.4, -0.2) is 20.2 Å². The Labute approximate surface area is 102 Å². The SMILES string of the molecule is COc1c(C)ccc(Cl)c1C1CCCNC1. The lowest BCUT2D eigenvalue weighted by Gasteiger charge is -2.26. The summed E-state index contributed by atoms with van der Waals surface area (Å²) >= 11 is 6.31. The molecule has 0 aliphatic carbocycles. The molecule has 1 aliphatic rings. The lowest BCUT2D eigenvalue weighted by molar-refractivity contribution is 0.390. The topological polar surface area (TPSA) is 21.3 Å². The van der Waals surface area contributed by atoms with Crippen LogP contribution in [0.4, 0.5) is 0 Å². The number of aryl methyl sites for hydroxylation is 1. The number of nitrogens with one attached hydrogen (secondary N) is 1. The van der Waals surface area contributed by atoms with Gasteiger partial charge in [-0.05, 0) is 37.9 Å². The van der Waals surface area contributed by atoms with Crippen LogP contribution in [0.3, 0.4) is 0 Å². The van der Waals surface area contributed by atoms with Gasteiger partial charge in [-0.15, -0.1) is 0 Å². The highest BCUT2D eigenvalue weighted by atomic mass is 35.5. The van der Waals surface area contributed by atoms with Crippen LogP contribution in [-0.2, 0) is 0 Å². The molecule has 1 atom stereocenters. The minimum Gasteiger partial charge on any atom is -0.496 e. The summed E-state index contributed by atoms with van der Waals surface area (Å²) in [6.45, 7) is 4.18. The molecule has 0 amide bonds. The summed E-state index contributed by atoms with van der Waals surface area (Å²) < 4.78 is 5.50. The quantitative estimate of drug-likeness (QED) is 0.856. The van der Waals surface area contributed by atoms with Crippen molar-refractivity contribution in [2.24, 2.45) is 0 Å². The molecule has 1 saturated heterocycles. The molecule has 1 aliphatic heterocycles. The first-order valence-electron chi connectivity index (χ1n) is 5.77. The Bertz CT molecular complexity index is 372. The first-order chi connectivity index (χ1) is 7.74. The van der Waals surface area contributed by atoms with Gasteiger partial charge in [0.15, 0.2) is 0 Å². The van der Waals surface area contributed by atoms with Gasteiger partial charge in [-0.25, -0.2) is 0 Å². The molecule has 88 valence electrons. The monoisotopic (exact) mass is 239 g/mol. The molecule has 3 heteroatoms. The fourth-order valence-electron chi connectivity index (χ4n) is 2.43. The van der Waals surface area contributed by atoms with Crippen LogP contribution < -0.4 is 10.1 Å². The zero-order valence-electron chi connectivity index (χ0n) is 9.85. The number of ether oxygens (including phenoxy) is 1. The Morgan fingerprint density at radius 1 is 1.44 bits per heavy atom. The van der Waals surface area contributed by atoms with Gasteiger partial charge in [-0.3, -0.25) is 0 Å². The van der Waals surface area contributed by atoms with Crippen molar-refractivity contribution in [3.8, 4) is 5.75 Å². The third-order valence-corrected chi connectivity index (χ3v) is 3.58. The molecule has 0 bridgehead atoms. The Kier molecular flexibility index (Phi) is 3.72. The number of piperidine rings is 1. The summed E-state index contributed by atoms with van der Waals surface area (Å²) in [6.07, 6.45) is 2.39. The molecule has 1 fully saturated rings. The second-order valence-corrected chi connectivity index (χ2v) is 4.76. The molecule has 1 heterocycles. The predicted molar refractivity (Wildman–Crippen MR) is 67.6 cm³/mol. The third kappa shape index (κ3) is 2.18. The van der Waals surface area contributed by atoms with Gasteiger partial charge in [-0.2, -0.15) is 0 Å². The van der Waals surface area contributed by atoms with E-state index in [0.29, 0.717) is 5.92 Å². The molecular weight excluding hydrogens is 222 g/mol. The van der Waals surface area contributed by atoms with Gasteiger partial charge in [0.1, 0.15) is 5.75 Å². The van der Waals surface area contributed by atoms with E-state index >= 15 is 0 Å². The standard InChI is InChI=1S/C13H18ClNO/c1-9-5-6-11(14)12(13(9)16-2)10-4-3-7-15-8-10/h5-6,10,15H,3-4,7-8H2,1-2H3. The van der Waals surface area contributed by atoms with Crippen molar-refractivity contribution >= 4 is 11.6 Å². The van der Waals surface area contributed by atoms with Crippen LogP contribution in [0.15, 0.2) is 12.1 Å². The molecule has 2 rings (SSSR count). The Balaban J connectivity index is 2.40. The normalized spacial score (nSPS) is 20.8. The molecule has 1 aromatic rings. The summed E-state index contributed by atoms with van der Waals surface area (Å²) in [6, 6.07) is 3.99. The molecule has 1 N–H and O–H groups in total. The molecule has 0 spiro atoms. The maximum Gasteiger partial charge on any atom is 0.126 e. The molecule has 0 saturated carbocycles. The van der Waals surface area contributed by atoms with Crippen molar-refractivity contribution in [2.75, 3.05) is 20.2 Å². The highest BCUT2D eigenvalue weighted by molar-refractivity contribution is 6.31. The number of hydrogen-bond acceptors (Lipinski definition) is 2. The fourth-order valence-corrected chi connectivity index (χ4v) is 2.74. The van der Waals surface area contributed by atoms with Gasteiger partial charge in [0.25, 0.3) is 0 Å². The van der Waals surface area contributed by atoms with Crippen LogP contribution in [0.5, 0.6) is 5.75 Å². The van der Waals surface area contributed by atoms with Crippen molar-refractivity contribution in [3.05, 3.63) is 28.3 Å². The van der Waals surface area contributed by atoms with Gasteiger partial charge in [0.05, 0.1) is 7.11 Å². The van der Waals surface area contributed by atoms with Crippen molar-refractivity contribution in [3.63, 3.8) is 0 Å². The largest absolute Gasteiger partial charge is 0.496 e. The average Bonchev–Trinajstić information content (AvgIpc) is 2.33. The Morgan fingerprint density at radius 2 is 2.25 bits per heavy atom. The number of benzene rings is 1. The van der Waals surface area contributed by atoms with Gasteiger partial charge < -0.3 is 10.1 Å². The molecular formula is C13H18ClNO. The molecule has 0 aromatic heterocycles. The molecule has 0 radical (unpaired) electrons. The van der Waals surface area contributed by atoms with Crippen molar-refractivity contribution in [1.82, 2.24) is 5.32 Å². The highest BCUT2D eigenvalue weighted by Gasteiger charge is 2.22. The first-order valence-corrected chi connectivity index (χ1v) is 6.15. The van der Waals surface area contributed by atoms with E-state index in [0.717, 1.165) is 29.4 Å². The summed E-state index contributed by atoms with van der Waals surface area (Å²) in [7, 11) is 1.72. The number of halogens is 1. The fraction of sp³-hybridized carbons (Fsp3) is 0.538. The summed E-state index contributed by atoms with van der Waals surface area (Å²) in [4.78, 5) is 0. The average molecular weight is 240 g/mol. The van der Waals surface area contributed by atoms with E-state index in [2.05, 4.69) is 12.2 Å². The van der Waals surface area contributed by atoms with Crippen molar-refractivity contribution in [1.29, 1.82) is 0 Å². The molecule has 1 unspecified atom stereocenters. The van der Waals surface area contributed by atoms with Crippen molar-refractivity contribution in [2.45, 2.75) is 25.7 Å². The maximum atomic E-state index is 6.31. The van der Waals surface area contributed by atoms with Gasteiger partial charge in [0, 0.05) is 23.0 Å². The van der Waals surface area contributed by atoms with E-state index in [1.807, 2.05) is 12.1 Å². The van der Waals surface area contributed by atoms with E-state index in [9.17, 15) is 0 Å². The van der Waals surface area contributed by atoms with Gasteiger partial charge in [-0.1, -0.05) is 17.7 Å². The molecule has 2 nitrogen and oxygen atoms in total. The van der Waals surface area contributed by atoms with Crippen LogP contribution in [0.1, 0.15) is 29.9 Å². The lowest BCUT2D eigenvalue weighted by Crippen LogP contribution is -2.28. The molecule has 16 heavy (non-hydrogen) atoms. The van der Waals surface area contributed by atoms with Crippen molar-refractivity contribution < 1.29 is 4.74 Å². The lowest BCUT2D eigenvalue weighted by atomic mass is 9.90. The number of rotatable bonds is 2. The van der Waals surface area contributed by atoms with Crippen LogP contribution in [0.2, 0.25) is 5.02 Å². The second kappa shape index (κ2) is 5.07. The predicted octanol–water partition coefficient (Wildman–Crippen LogP) is 3.12. The highest BCUT2D eigenvalue weighted by Crippen LogP contribution is 2.38. The summed E-state index contributed by atoms with van der Waals surface area (Å²) in [5.41, 5.74) is 2.34.